The molecule has 0 unspecified atom stereocenters. The second kappa shape index (κ2) is 5.04. The predicted octanol–water partition coefficient (Wildman–Crippen LogP) is 3.31. The van der Waals surface area contributed by atoms with E-state index in [0.717, 1.165) is 30.4 Å². The van der Waals surface area contributed by atoms with E-state index < -0.39 is 6.43 Å². The lowest BCUT2D eigenvalue weighted by Crippen LogP contribution is -2.15. The normalized spacial score (nSPS) is 15.8. The minimum Gasteiger partial charge on any atom is -0.322 e. The Morgan fingerprint density at radius 1 is 1.44 bits per heavy atom. The Bertz CT molecular complexity index is 543. The highest BCUT2D eigenvalue weighted by atomic mass is 19.3. The molecule has 0 amide bonds. The van der Waals surface area contributed by atoms with Gasteiger partial charge in [0.25, 0.3) is 12.0 Å². The van der Waals surface area contributed by atoms with Gasteiger partial charge in [-0.3, -0.25) is 4.79 Å². The van der Waals surface area contributed by atoms with Crippen LogP contribution in [0.15, 0.2) is 16.4 Å². The fourth-order valence-corrected chi connectivity index (χ4v) is 2.57. The molecular formula is C14H17F2NO. The summed E-state index contributed by atoms with van der Waals surface area (Å²) in [5.74, 6) is 0. The molecule has 1 aromatic rings. The maximum Gasteiger partial charge on any atom is 0.260 e. The molecular weight excluding hydrogens is 236 g/mol. The van der Waals surface area contributed by atoms with E-state index in [1.165, 1.54) is 6.92 Å². The second-order valence-corrected chi connectivity index (χ2v) is 4.69. The lowest BCUT2D eigenvalue weighted by Gasteiger charge is -2.11. The van der Waals surface area contributed by atoms with Crippen molar-refractivity contribution in [3.05, 3.63) is 38.8 Å². The molecule has 2 nitrogen and oxygen atoms in total. The Morgan fingerprint density at radius 3 is 2.78 bits per heavy atom. The van der Waals surface area contributed by atoms with Crippen LogP contribution in [0.5, 0.6) is 0 Å². The van der Waals surface area contributed by atoms with E-state index in [4.69, 9.17) is 0 Å². The molecule has 4 heteroatoms. The number of halogens is 2. The zero-order chi connectivity index (χ0) is 13.3. The Morgan fingerprint density at radius 2 is 2.17 bits per heavy atom. The van der Waals surface area contributed by atoms with Crippen LogP contribution in [-0.4, -0.2) is 11.4 Å². The standard InChI is InChI=1S/C14H17F2NO/c1-3-10(8(2)13(15)16)12-7-9-5-4-6-11(9)14(18)17-12/h7,13H,3-6H2,1-2H3,(H,17,18)/b10-8+. The average molecular weight is 253 g/mol. The summed E-state index contributed by atoms with van der Waals surface area (Å²) >= 11 is 0. The Labute approximate surface area is 105 Å². The van der Waals surface area contributed by atoms with Gasteiger partial charge in [0.1, 0.15) is 0 Å². The molecule has 1 aliphatic carbocycles. The van der Waals surface area contributed by atoms with Crippen molar-refractivity contribution in [1.29, 1.82) is 0 Å². The van der Waals surface area contributed by atoms with Gasteiger partial charge >= 0.3 is 0 Å². The van der Waals surface area contributed by atoms with Gasteiger partial charge in [0.2, 0.25) is 0 Å². The Hall–Kier alpha value is -1.45. The highest BCUT2D eigenvalue weighted by Gasteiger charge is 2.18. The van der Waals surface area contributed by atoms with Gasteiger partial charge in [0, 0.05) is 11.3 Å². The molecule has 0 bridgehead atoms. The van der Waals surface area contributed by atoms with Crippen molar-refractivity contribution in [3.8, 4) is 0 Å². The molecule has 0 spiro atoms. The molecule has 1 aromatic heterocycles. The third kappa shape index (κ3) is 2.24. The minimum absolute atomic E-state index is 0.0473. The number of alkyl halides is 2. The van der Waals surface area contributed by atoms with Crippen LogP contribution in [0.4, 0.5) is 8.78 Å². The summed E-state index contributed by atoms with van der Waals surface area (Å²) in [6, 6.07) is 1.87. The molecule has 1 N–H and O–H groups in total. The first kappa shape index (κ1) is 13.0. The van der Waals surface area contributed by atoms with Gasteiger partial charge in [-0.25, -0.2) is 8.78 Å². The first-order valence-electron chi connectivity index (χ1n) is 6.27. The lowest BCUT2D eigenvalue weighted by molar-refractivity contribution is 0.190. The fraction of sp³-hybridized carbons (Fsp3) is 0.500. The zero-order valence-corrected chi connectivity index (χ0v) is 10.6. The van der Waals surface area contributed by atoms with Crippen molar-refractivity contribution in [2.75, 3.05) is 0 Å². The molecule has 0 fully saturated rings. The summed E-state index contributed by atoms with van der Waals surface area (Å²) in [6.07, 6.45) is 0.656. The summed E-state index contributed by atoms with van der Waals surface area (Å²) in [6.45, 7) is 3.25. The van der Waals surface area contributed by atoms with Gasteiger partial charge in [-0.2, -0.15) is 0 Å². The average Bonchev–Trinajstić information content (AvgIpc) is 2.78. The van der Waals surface area contributed by atoms with Gasteiger partial charge in [-0.1, -0.05) is 6.92 Å². The topological polar surface area (TPSA) is 32.9 Å². The molecule has 0 saturated heterocycles. The largest absolute Gasteiger partial charge is 0.322 e. The summed E-state index contributed by atoms with van der Waals surface area (Å²) in [4.78, 5) is 14.6. The monoisotopic (exact) mass is 253 g/mol. The molecule has 0 saturated carbocycles. The number of nitrogens with one attached hydrogen (secondary N) is 1. The smallest absolute Gasteiger partial charge is 0.260 e. The summed E-state index contributed by atoms with van der Waals surface area (Å²) in [5.41, 5.74) is 2.88. The molecule has 2 rings (SSSR count). The number of rotatable bonds is 3. The van der Waals surface area contributed by atoms with E-state index in [-0.39, 0.29) is 11.1 Å². The number of fused-ring (bicyclic) bond motifs is 1. The van der Waals surface area contributed by atoms with E-state index in [9.17, 15) is 13.6 Å². The first-order chi connectivity index (χ1) is 8.54. The molecule has 0 radical (unpaired) electrons. The third-order valence-corrected chi connectivity index (χ3v) is 3.58. The van der Waals surface area contributed by atoms with Gasteiger partial charge in [0.15, 0.2) is 0 Å². The zero-order valence-electron chi connectivity index (χ0n) is 10.6. The Balaban J connectivity index is 2.55. The van der Waals surface area contributed by atoms with E-state index in [1.54, 1.807) is 0 Å². The Kier molecular flexibility index (Phi) is 3.64. The number of aromatic amines is 1. The third-order valence-electron chi connectivity index (χ3n) is 3.58. The second-order valence-electron chi connectivity index (χ2n) is 4.69. The molecule has 0 atom stereocenters. The maximum atomic E-state index is 12.8. The van der Waals surface area contributed by atoms with Crippen LogP contribution < -0.4 is 5.56 Å². The van der Waals surface area contributed by atoms with Crippen LogP contribution in [0.3, 0.4) is 0 Å². The van der Waals surface area contributed by atoms with Gasteiger partial charge in [-0.15, -0.1) is 0 Å². The number of allylic oxidation sites excluding steroid dienone is 2. The fourth-order valence-electron chi connectivity index (χ4n) is 2.57. The van der Waals surface area contributed by atoms with Crippen molar-refractivity contribution in [3.63, 3.8) is 0 Å². The SMILES string of the molecule is CC/C(=C(/C)C(F)F)c1cc2c(c(=O)[nH]1)CCC2. The van der Waals surface area contributed by atoms with E-state index in [0.29, 0.717) is 17.7 Å². The quantitative estimate of drug-likeness (QED) is 0.880. The van der Waals surface area contributed by atoms with Gasteiger partial charge in [-0.05, 0) is 55.4 Å². The maximum absolute atomic E-state index is 12.8. The van der Waals surface area contributed by atoms with Crippen LogP contribution in [0.2, 0.25) is 0 Å². The molecule has 0 aliphatic heterocycles. The number of hydrogen-bond acceptors (Lipinski definition) is 1. The van der Waals surface area contributed by atoms with E-state index in [1.807, 2.05) is 13.0 Å². The van der Waals surface area contributed by atoms with E-state index >= 15 is 0 Å². The van der Waals surface area contributed by atoms with Crippen LogP contribution in [0, 0.1) is 0 Å². The van der Waals surface area contributed by atoms with Crippen molar-refractivity contribution >= 4 is 5.57 Å². The van der Waals surface area contributed by atoms with Crippen molar-refractivity contribution in [2.45, 2.75) is 46.0 Å². The van der Waals surface area contributed by atoms with Crippen LogP contribution in [0.1, 0.15) is 43.5 Å². The number of pyridine rings is 1. The van der Waals surface area contributed by atoms with Crippen LogP contribution in [-0.2, 0) is 12.8 Å². The molecule has 98 valence electrons. The van der Waals surface area contributed by atoms with Crippen LogP contribution in [0.25, 0.3) is 5.57 Å². The first-order valence-corrected chi connectivity index (χ1v) is 6.27. The predicted molar refractivity (Wildman–Crippen MR) is 68.0 cm³/mol. The summed E-state index contributed by atoms with van der Waals surface area (Å²) in [7, 11) is 0. The molecule has 18 heavy (non-hydrogen) atoms. The number of aromatic nitrogens is 1. The molecule has 1 aliphatic rings. The van der Waals surface area contributed by atoms with Gasteiger partial charge < -0.3 is 4.98 Å². The summed E-state index contributed by atoms with van der Waals surface area (Å²) in [5, 5.41) is 0. The summed E-state index contributed by atoms with van der Waals surface area (Å²) < 4.78 is 25.6. The van der Waals surface area contributed by atoms with Crippen molar-refractivity contribution < 1.29 is 8.78 Å². The number of H-pyrrole nitrogens is 1. The van der Waals surface area contributed by atoms with Crippen molar-refractivity contribution in [1.82, 2.24) is 4.98 Å². The number of hydrogen-bond donors (Lipinski definition) is 1. The lowest BCUT2D eigenvalue weighted by atomic mass is 10.0. The van der Waals surface area contributed by atoms with Gasteiger partial charge in [0.05, 0.1) is 0 Å². The highest BCUT2D eigenvalue weighted by molar-refractivity contribution is 5.66. The molecule has 0 aromatic carbocycles. The van der Waals surface area contributed by atoms with E-state index in [2.05, 4.69) is 4.98 Å². The van der Waals surface area contributed by atoms with Crippen LogP contribution >= 0.6 is 0 Å². The molecule has 1 heterocycles. The highest BCUT2D eigenvalue weighted by Crippen LogP contribution is 2.27. The van der Waals surface area contributed by atoms with Crippen molar-refractivity contribution in [2.24, 2.45) is 0 Å². The number of aryl methyl sites for hydroxylation is 1. The minimum atomic E-state index is -2.48.